The average Bonchev–Trinajstić information content (AvgIpc) is 2.78. The van der Waals surface area contributed by atoms with E-state index in [-0.39, 0.29) is 0 Å². The van der Waals surface area contributed by atoms with Crippen molar-refractivity contribution in [3.63, 3.8) is 0 Å². The third kappa shape index (κ3) is 3.16. The normalized spacial score (nSPS) is 26.9. The van der Waals surface area contributed by atoms with Crippen molar-refractivity contribution in [2.24, 2.45) is 17.3 Å². The third-order valence-corrected chi connectivity index (χ3v) is 4.33. The minimum absolute atomic E-state index is 0.393. The Balaban J connectivity index is 2.17. The molecule has 1 fully saturated rings. The molecule has 0 aliphatic heterocycles. The van der Waals surface area contributed by atoms with Gasteiger partial charge in [-0.25, -0.2) is 4.68 Å². The summed E-state index contributed by atoms with van der Waals surface area (Å²) in [5.74, 6) is 1.15. The van der Waals surface area contributed by atoms with Crippen LogP contribution in [0, 0.1) is 17.3 Å². The molecule has 1 saturated carbocycles. The fourth-order valence-electron chi connectivity index (χ4n) is 2.90. The van der Waals surface area contributed by atoms with Crippen molar-refractivity contribution in [3.05, 3.63) is 5.82 Å². The fourth-order valence-corrected chi connectivity index (χ4v) is 2.90. The zero-order valence-corrected chi connectivity index (χ0v) is 12.5. The molecule has 6 heteroatoms. The largest absolute Gasteiger partial charge is 0.481 e. The summed E-state index contributed by atoms with van der Waals surface area (Å²) in [5.41, 5.74) is -0.701. The summed E-state index contributed by atoms with van der Waals surface area (Å²) >= 11 is 0. The molecule has 1 N–H and O–H groups in total. The maximum Gasteiger partial charge on any atom is 0.311 e. The molecule has 2 rings (SSSR count). The number of carboxylic acid groups (broad SMARTS) is 1. The lowest BCUT2D eigenvalue weighted by Crippen LogP contribution is -2.39. The van der Waals surface area contributed by atoms with Gasteiger partial charge in [-0.2, -0.15) is 0 Å². The van der Waals surface area contributed by atoms with Crippen LogP contribution in [0.5, 0.6) is 0 Å². The Kier molecular flexibility index (Phi) is 4.40. The summed E-state index contributed by atoms with van der Waals surface area (Å²) in [6.45, 7) is 6.79. The summed E-state index contributed by atoms with van der Waals surface area (Å²) in [6.07, 6.45) is 4.13. The zero-order valence-electron chi connectivity index (χ0n) is 12.5. The van der Waals surface area contributed by atoms with Gasteiger partial charge in [-0.05, 0) is 47.9 Å². The van der Waals surface area contributed by atoms with Crippen LogP contribution in [0.25, 0.3) is 0 Å². The van der Waals surface area contributed by atoms with Crippen molar-refractivity contribution < 1.29 is 9.90 Å². The van der Waals surface area contributed by atoms with Crippen molar-refractivity contribution in [1.82, 2.24) is 20.2 Å². The highest BCUT2D eigenvalue weighted by Crippen LogP contribution is 2.40. The van der Waals surface area contributed by atoms with E-state index in [0.29, 0.717) is 31.2 Å². The highest BCUT2D eigenvalue weighted by Gasteiger charge is 2.42. The Hall–Kier alpha value is -1.46. The molecule has 1 aliphatic carbocycles. The van der Waals surface area contributed by atoms with Crippen LogP contribution in [0.15, 0.2) is 0 Å². The van der Waals surface area contributed by atoms with E-state index in [0.717, 1.165) is 25.1 Å². The van der Waals surface area contributed by atoms with Gasteiger partial charge in [-0.1, -0.05) is 20.8 Å². The first-order valence-electron chi connectivity index (χ1n) is 7.41. The van der Waals surface area contributed by atoms with E-state index in [9.17, 15) is 9.90 Å². The average molecular weight is 280 g/mol. The van der Waals surface area contributed by atoms with Gasteiger partial charge in [0, 0.05) is 6.42 Å². The quantitative estimate of drug-likeness (QED) is 0.893. The van der Waals surface area contributed by atoms with E-state index in [1.165, 1.54) is 0 Å². The predicted octanol–water partition coefficient (Wildman–Crippen LogP) is 2.15. The van der Waals surface area contributed by atoms with E-state index >= 15 is 0 Å². The molecule has 1 heterocycles. The highest BCUT2D eigenvalue weighted by atomic mass is 16.4. The van der Waals surface area contributed by atoms with E-state index in [2.05, 4.69) is 36.3 Å². The Labute approximate surface area is 119 Å². The second-order valence-corrected chi connectivity index (χ2v) is 6.62. The highest BCUT2D eigenvalue weighted by molar-refractivity contribution is 5.74. The van der Waals surface area contributed by atoms with Gasteiger partial charge in [0.15, 0.2) is 5.82 Å². The Morgan fingerprint density at radius 1 is 1.45 bits per heavy atom. The molecule has 20 heavy (non-hydrogen) atoms. The number of rotatable bonds is 5. The van der Waals surface area contributed by atoms with Gasteiger partial charge < -0.3 is 5.11 Å². The molecular weight excluding hydrogens is 256 g/mol. The first kappa shape index (κ1) is 14.9. The number of carbonyl (C=O) groups is 1. The van der Waals surface area contributed by atoms with Crippen molar-refractivity contribution in [1.29, 1.82) is 0 Å². The maximum atomic E-state index is 11.8. The summed E-state index contributed by atoms with van der Waals surface area (Å²) in [6, 6.07) is 0. The third-order valence-electron chi connectivity index (χ3n) is 4.33. The van der Waals surface area contributed by atoms with Crippen molar-refractivity contribution >= 4 is 5.97 Å². The molecule has 6 nitrogen and oxygen atoms in total. The molecule has 1 aliphatic rings. The van der Waals surface area contributed by atoms with Crippen molar-refractivity contribution in [2.75, 3.05) is 0 Å². The van der Waals surface area contributed by atoms with Crippen LogP contribution in [-0.4, -0.2) is 31.3 Å². The standard InChI is InChI=1S/C14H24N4O2/c1-10(2)8-12-15-16-17-18(12)9-14(13(19)20)6-4-11(3)5-7-14/h10-11H,4-9H2,1-3H3,(H,19,20). The Morgan fingerprint density at radius 2 is 2.10 bits per heavy atom. The minimum atomic E-state index is -0.713. The molecule has 0 saturated heterocycles. The lowest BCUT2D eigenvalue weighted by Gasteiger charge is -2.35. The van der Waals surface area contributed by atoms with Gasteiger partial charge >= 0.3 is 5.97 Å². The smallest absolute Gasteiger partial charge is 0.311 e. The molecule has 0 aromatic carbocycles. The second-order valence-electron chi connectivity index (χ2n) is 6.62. The van der Waals surface area contributed by atoms with Crippen molar-refractivity contribution in [3.8, 4) is 0 Å². The second kappa shape index (κ2) is 5.89. The van der Waals surface area contributed by atoms with Crippen LogP contribution in [0.2, 0.25) is 0 Å². The minimum Gasteiger partial charge on any atom is -0.481 e. The van der Waals surface area contributed by atoms with Gasteiger partial charge in [0.25, 0.3) is 0 Å². The first-order valence-corrected chi connectivity index (χ1v) is 7.41. The van der Waals surface area contributed by atoms with Crippen LogP contribution < -0.4 is 0 Å². The molecule has 0 atom stereocenters. The van der Waals surface area contributed by atoms with Gasteiger partial charge in [0.05, 0.1) is 12.0 Å². The zero-order chi connectivity index (χ0) is 14.8. The number of hydrogen-bond donors (Lipinski definition) is 1. The molecule has 1 aromatic rings. The topological polar surface area (TPSA) is 80.9 Å². The molecule has 0 radical (unpaired) electrons. The van der Waals surface area contributed by atoms with E-state index in [4.69, 9.17) is 0 Å². The monoisotopic (exact) mass is 280 g/mol. The maximum absolute atomic E-state index is 11.8. The number of carboxylic acids is 1. The summed E-state index contributed by atoms with van der Waals surface area (Å²) in [5, 5.41) is 21.4. The van der Waals surface area contributed by atoms with E-state index in [1.54, 1.807) is 4.68 Å². The first-order chi connectivity index (χ1) is 9.43. The van der Waals surface area contributed by atoms with Crippen LogP contribution in [0.4, 0.5) is 0 Å². The summed E-state index contributed by atoms with van der Waals surface area (Å²) < 4.78 is 1.70. The molecule has 0 unspecified atom stereocenters. The van der Waals surface area contributed by atoms with E-state index in [1.807, 2.05) is 0 Å². The molecule has 0 spiro atoms. The van der Waals surface area contributed by atoms with E-state index < -0.39 is 11.4 Å². The lowest BCUT2D eigenvalue weighted by atomic mass is 9.71. The number of aliphatic carboxylic acids is 1. The Bertz CT molecular complexity index is 461. The molecule has 1 aromatic heterocycles. The summed E-state index contributed by atoms with van der Waals surface area (Å²) in [4.78, 5) is 11.8. The summed E-state index contributed by atoms with van der Waals surface area (Å²) in [7, 11) is 0. The van der Waals surface area contributed by atoms with Crippen LogP contribution in [0.1, 0.15) is 52.3 Å². The van der Waals surface area contributed by atoms with Crippen LogP contribution in [0.3, 0.4) is 0 Å². The van der Waals surface area contributed by atoms with Gasteiger partial charge in [-0.15, -0.1) is 5.10 Å². The van der Waals surface area contributed by atoms with Gasteiger partial charge in [-0.3, -0.25) is 4.79 Å². The molecular formula is C14H24N4O2. The number of aromatic nitrogens is 4. The Morgan fingerprint density at radius 3 is 2.65 bits per heavy atom. The van der Waals surface area contributed by atoms with Crippen LogP contribution >= 0.6 is 0 Å². The predicted molar refractivity (Wildman–Crippen MR) is 74.1 cm³/mol. The number of tetrazole rings is 1. The van der Waals surface area contributed by atoms with Gasteiger partial charge in [0.1, 0.15) is 0 Å². The molecule has 0 bridgehead atoms. The lowest BCUT2D eigenvalue weighted by molar-refractivity contribution is -0.153. The van der Waals surface area contributed by atoms with Crippen molar-refractivity contribution in [2.45, 2.75) is 59.4 Å². The SMILES string of the molecule is CC(C)Cc1nnnn1CC1(C(=O)O)CCC(C)CC1. The van der Waals surface area contributed by atoms with Gasteiger partial charge in [0.2, 0.25) is 0 Å². The molecule has 112 valence electrons. The molecule has 0 amide bonds. The number of nitrogens with zero attached hydrogens (tertiary/aromatic N) is 4. The number of hydrogen-bond acceptors (Lipinski definition) is 4. The van der Waals surface area contributed by atoms with Crippen LogP contribution in [-0.2, 0) is 17.8 Å². The fraction of sp³-hybridized carbons (Fsp3) is 0.857.